The van der Waals surface area contributed by atoms with Crippen molar-refractivity contribution in [1.29, 1.82) is 0 Å². The van der Waals surface area contributed by atoms with Crippen molar-refractivity contribution in [2.24, 2.45) is 5.92 Å². The van der Waals surface area contributed by atoms with Crippen LogP contribution >= 0.6 is 0 Å². The van der Waals surface area contributed by atoms with Crippen molar-refractivity contribution in [3.8, 4) is 5.75 Å². The number of piperidine rings is 1. The summed E-state index contributed by atoms with van der Waals surface area (Å²) in [5.74, 6) is 0.506. The maximum absolute atomic E-state index is 13.1. The Morgan fingerprint density at radius 2 is 1.84 bits per heavy atom. The highest BCUT2D eigenvalue weighted by Crippen LogP contribution is 2.27. The van der Waals surface area contributed by atoms with Gasteiger partial charge in [-0.3, -0.25) is 4.79 Å². The van der Waals surface area contributed by atoms with E-state index in [0.717, 1.165) is 49.8 Å². The Hall–Kier alpha value is -1.64. The van der Waals surface area contributed by atoms with Gasteiger partial charge in [-0.15, -0.1) is 0 Å². The van der Waals surface area contributed by atoms with E-state index in [1.54, 1.807) is 11.4 Å². The predicted octanol–water partition coefficient (Wildman–Crippen LogP) is 2.97. The third-order valence-electron chi connectivity index (χ3n) is 6.48. The van der Waals surface area contributed by atoms with Gasteiger partial charge in [-0.05, 0) is 56.7 Å². The van der Waals surface area contributed by atoms with Crippen LogP contribution in [-0.4, -0.2) is 62.3 Å². The van der Waals surface area contributed by atoms with Gasteiger partial charge in [0.05, 0.1) is 12.5 Å². The third-order valence-corrected chi connectivity index (χ3v) is 8.49. The van der Waals surface area contributed by atoms with Crippen molar-refractivity contribution >= 4 is 16.1 Å². The van der Waals surface area contributed by atoms with Gasteiger partial charge in [0.15, 0.2) is 0 Å². The number of amides is 1. The summed E-state index contributed by atoms with van der Waals surface area (Å²) in [6.45, 7) is 3.90. The lowest BCUT2D eigenvalue weighted by Gasteiger charge is -2.37. The Morgan fingerprint density at radius 3 is 2.52 bits per heavy atom. The van der Waals surface area contributed by atoms with Crippen LogP contribution in [0, 0.1) is 5.92 Å². The van der Waals surface area contributed by atoms with E-state index in [1.165, 1.54) is 10.7 Å². The van der Waals surface area contributed by atoms with E-state index < -0.39 is 10.2 Å². The molecule has 2 aliphatic rings. The SMILES string of the molecule is CCOc1ccc(CCNC(=O)C2CCCN(S(=O)(=O)N(C)C3CCCCC3)C2)cc1. The average molecular weight is 452 g/mol. The van der Waals surface area contributed by atoms with Gasteiger partial charge in [0.1, 0.15) is 5.75 Å². The van der Waals surface area contributed by atoms with E-state index >= 15 is 0 Å². The molecular weight excluding hydrogens is 414 g/mol. The maximum Gasteiger partial charge on any atom is 0.281 e. The Balaban J connectivity index is 1.49. The summed E-state index contributed by atoms with van der Waals surface area (Å²) in [5, 5.41) is 3.00. The van der Waals surface area contributed by atoms with Gasteiger partial charge in [0, 0.05) is 32.7 Å². The van der Waals surface area contributed by atoms with Gasteiger partial charge in [0.2, 0.25) is 5.91 Å². The number of hydrogen-bond acceptors (Lipinski definition) is 4. The molecule has 1 atom stereocenters. The number of ether oxygens (including phenoxy) is 1. The monoisotopic (exact) mass is 451 g/mol. The van der Waals surface area contributed by atoms with Crippen LogP contribution in [0.3, 0.4) is 0 Å². The standard InChI is InChI=1S/C23H37N3O4S/c1-3-30-22-13-11-19(12-14-22)15-16-24-23(27)20-8-7-17-26(18-20)31(28,29)25(2)21-9-5-4-6-10-21/h11-14,20-21H,3-10,15-18H2,1-2H3,(H,24,27). The molecular formula is C23H37N3O4S. The van der Waals surface area contributed by atoms with Crippen LogP contribution in [0.1, 0.15) is 57.4 Å². The zero-order valence-corrected chi connectivity index (χ0v) is 19.7. The molecule has 1 aliphatic heterocycles. The van der Waals surface area contributed by atoms with E-state index in [1.807, 2.05) is 31.2 Å². The fraction of sp³-hybridized carbons (Fsp3) is 0.696. The summed E-state index contributed by atoms with van der Waals surface area (Å²) in [4.78, 5) is 12.7. The molecule has 0 bridgehead atoms. The zero-order valence-electron chi connectivity index (χ0n) is 18.9. The molecule has 1 aromatic rings. The van der Waals surface area contributed by atoms with Gasteiger partial charge < -0.3 is 10.1 Å². The molecule has 1 heterocycles. The minimum Gasteiger partial charge on any atom is -0.494 e. The first-order valence-corrected chi connectivity index (χ1v) is 13.0. The first-order chi connectivity index (χ1) is 14.9. The number of nitrogens with zero attached hydrogens (tertiary/aromatic N) is 2. The number of benzene rings is 1. The first-order valence-electron chi connectivity index (χ1n) is 11.6. The fourth-order valence-corrected chi connectivity index (χ4v) is 6.25. The second kappa shape index (κ2) is 11.3. The Morgan fingerprint density at radius 1 is 1.13 bits per heavy atom. The Labute approximate surface area is 187 Å². The number of carbonyl (C=O) groups excluding carboxylic acids is 1. The summed E-state index contributed by atoms with van der Waals surface area (Å²) in [5.41, 5.74) is 1.13. The largest absolute Gasteiger partial charge is 0.494 e. The van der Waals surface area contributed by atoms with E-state index in [4.69, 9.17) is 4.74 Å². The van der Waals surface area contributed by atoms with Crippen molar-refractivity contribution in [2.75, 3.05) is 33.3 Å². The lowest BCUT2D eigenvalue weighted by atomic mass is 9.96. The minimum atomic E-state index is -3.53. The molecule has 0 radical (unpaired) electrons. The first kappa shape index (κ1) is 24.0. The molecule has 1 unspecified atom stereocenters. The molecule has 7 nitrogen and oxygen atoms in total. The molecule has 0 aromatic heterocycles. The molecule has 1 saturated carbocycles. The molecule has 1 aromatic carbocycles. The number of carbonyl (C=O) groups is 1. The molecule has 1 N–H and O–H groups in total. The second-order valence-corrected chi connectivity index (χ2v) is 10.6. The lowest BCUT2D eigenvalue weighted by molar-refractivity contribution is -0.126. The Bertz CT molecular complexity index is 807. The molecule has 1 amide bonds. The van der Waals surface area contributed by atoms with Crippen LogP contribution in [0.2, 0.25) is 0 Å². The molecule has 0 spiro atoms. The van der Waals surface area contributed by atoms with E-state index in [-0.39, 0.29) is 24.4 Å². The zero-order chi connectivity index (χ0) is 22.3. The van der Waals surface area contributed by atoms with Crippen LogP contribution in [-0.2, 0) is 21.4 Å². The van der Waals surface area contributed by atoms with Crippen LogP contribution in [0.15, 0.2) is 24.3 Å². The van der Waals surface area contributed by atoms with Crippen LogP contribution < -0.4 is 10.1 Å². The van der Waals surface area contributed by atoms with E-state index in [2.05, 4.69) is 5.32 Å². The van der Waals surface area contributed by atoms with Crippen molar-refractivity contribution in [1.82, 2.24) is 13.9 Å². The average Bonchev–Trinajstić information content (AvgIpc) is 2.80. The summed E-state index contributed by atoms with van der Waals surface area (Å²) in [6.07, 6.45) is 7.40. The highest BCUT2D eigenvalue weighted by atomic mass is 32.2. The highest BCUT2D eigenvalue weighted by molar-refractivity contribution is 7.86. The summed E-state index contributed by atoms with van der Waals surface area (Å²) in [6, 6.07) is 7.98. The minimum absolute atomic E-state index is 0.0499. The van der Waals surface area contributed by atoms with Gasteiger partial charge in [-0.2, -0.15) is 17.0 Å². The fourth-order valence-electron chi connectivity index (χ4n) is 4.57. The molecule has 31 heavy (non-hydrogen) atoms. The normalized spacial score (nSPS) is 21.2. The van der Waals surface area contributed by atoms with Gasteiger partial charge in [-0.25, -0.2) is 0 Å². The van der Waals surface area contributed by atoms with Crippen molar-refractivity contribution in [3.63, 3.8) is 0 Å². The lowest BCUT2D eigenvalue weighted by Crippen LogP contribution is -2.52. The van der Waals surface area contributed by atoms with Crippen LogP contribution in [0.4, 0.5) is 0 Å². The van der Waals surface area contributed by atoms with Crippen molar-refractivity contribution in [2.45, 2.75) is 64.3 Å². The third kappa shape index (κ3) is 6.43. The molecule has 8 heteroatoms. The summed E-state index contributed by atoms with van der Waals surface area (Å²) in [7, 11) is -1.83. The quantitative estimate of drug-likeness (QED) is 0.626. The maximum atomic E-state index is 13.1. The van der Waals surface area contributed by atoms with Crippen molar-refractivity contribution in [3.05, 3.63) is 29.8 Å². The van der Waals surface area contributed by atoms with Crippen LogP contribution in [0.25, 0.3) is 0 Å². The number of rotatable bonds is 9. The molecule has 174 valence electrons. The molecule has 3 rings (SSSR count). The molecule has 1 aliphatic carbocycles. The summed E-state index contributed by atoms with van der Waals surface area (Å²) >= 11 is 0. The Kier molecular flexibility index (Phi) is 8.75. The highest BCUT2D eigenvalue weighted by Gasteiger charge is 2.37. The number of hydrogen-bond donors (Lipinski definition) is 1. The van der Waals surface area contributed by atoms with Gasteiger partial charge in [0.25, 0.3) is 10.2 Å². The number of nitrogens with one attached hydrogen (secondary N) is 1. The predicted molar refractivity (Wildman–Crippen MR) is 122 cm³/mol. The van der Waals surface area contributed by atoms with E-state index in [9.17, 15) is 13.2 Å². The van der Waals surface area contributed by atoms with Crippen molar-refractivity contribution < 1.29 is 17.9 Å². The summed E-state index contributed by atoms with van der Waals surface area (Å²) < 4.78 is 34.8. The van der Waals surface area contributed by atoms with Gasteiger partial charge in [-0.1, -0.05) is 31.4 Å². The second-order valence-electron chi connectivity index (χ2n) is 8.63. The van der Waals surface area contributed by atoms with Crippen LogP contribution in [0.5, 0.6) is 5.75 Å². The van der Waals surface area contributed by atoms with E-state index in [0.29, 0.717) is 26.1 Å². The van der Waals surface area contributed by atoms with Gasteiger partial charge >= 0.3 is 0 Å². The topological polar surface area (TPSA) is 79.0 Å². The molecule has 2 fully saturated rings. The molecule has 1 saturated heterocycles. The smallest absolute Gasteiger partial charge is 0.281 e.